The third kappa shape index (κ3) is 4.15. The molecule has 2 aromatic rings. The summed E-state index contributed by atoms with van der Waals surface area (Å²) in [7, 11) is 1.70. The topological polar surface area (TPSA) is 30.5 Å². The van der Waals surface area contributed by atoms with Crippen LogP contribution in [-0.4, -0.2) is 13.7 Å². The summed E-state index contributed by atoms with van der Waals surface area (Å²) in [6.45, 7) is 4.98. The van der Waals surface area contributed by atoms with E-state index in [9.17, 15) is 0 Å². The summed E-state index contributed by atoms with van der Waals surface area (Å²) in [5, 5.41) is 3.48. The Labute approximate surface area is 126 Å². The van der Waals surface area contributed by atoms with Gasteiger partial charge in [-0.2, -0.15) is 0 Å². The number of ether oxygens (including phenoxy) is 2. The molecule has 2 rings (SSSR count). The summed E-state index contributed by atoms with van der Waals surface area (Å²) >= 11 is 0. The molecule has 0 aliphatic rings. The maximum Gasteiger partial charge on any atom is 0.124 e. The molecule has 0 spiro atoms. The van der Waals surface area contributed by atoms with Crippen LogP contribution in [0.25, 0.3) is 0 Å². The SMILES string of the molecule is CCCOc1ccc(NC(C)c2ccccc2OC)cc1. The van der Waals surface area contributed by atoms with Crippen molar-refractivity contribution in [3.63, 3.8) is 0 Å². The molecule has 1 N–H and O–H groups in total. The van der Waals surface area contributed by atoms with Crippen molar-refractivity contribution in [2.24, 2.45) is 0 Å². The van der Waals surface area contributed by atoms with Crippen LogP contribution < -0.4 is 14.8 Å². The molecule has 1 atom stereocenters. The lowest BCUT2D eigenvalue weighted by molar-refractivity contribution is 0.317. The second-order valence-electron chi connectivity index (χ2n) is 4.98. The van der Waals surface area contributed by atoms with E-state index in [1.165, 1.54) is 0 Å². The lowest BCUT2D eigenvalue weighted by atomic mass is 10.1. The minimum Gasteiger partial charge on any atom is -0.496 e. The van der Waals surface area contributed by atoms with Crippen molar-refractivity contribution in [2.45, 2.75) is 26.3 Å². The Morgan fingerprint density at radius 2 is 1.76 bits per heavy atom. The zero-order chi connectivity index (χ0) is 15.1. The van der Waals surface area contributed by atoms with E-state index in [4.69, 9.17) is 9.47 Å². The van der Waals surface area contributed by atoms with Crippen molar-refractivity contribution < 1.29 is 9.47 Å². The minimum atomic E-state index is 0.170. The van der Waals surface area contributed by atoms with Crippen molar-refractivity contribution in [2.75, 3.05) is 19.0 Å². The summed E-state index contributed by atoms with van der Waals surface area (Å²) in [5.74, 6) is 1.81. The van der Waals surface area contributed by atoms with Crippen LogP contribution in [-0.2, 0) is 0 Å². The van der Waals surface area contributed by atoms with Gasteiger partial charge >= 0.3 is 0 Å². The largest absolute Gasteiger partial charge is 0.496 e. The van der Waals surface area contributed by atoms with Crippen LogP contribution in [0.15, 0.2) is 48.5 Å². The van der Waals surface area contributed by atoms with Crippen molar-refractivity contribution >= 4 is 5.69 Å². The number of nitrogens with one attached hydrogen (secondary N) is 1. The lowest BCUT2D eigenvalue weighted by Crippen LogP contribution is -2.08. The Morgan fingerprint density at radius 1 is 1.05 bits per heavy atom. The molecular formula is C18H23NO2. The number of benzene rings is 2. The molecule has 112 valence electrons. The standard InChI is InChI=1S/C18H23NO2/c1-4-13-21-16-11-9-15(10-12-16)19-14(2)17-7-5-6-8-18(17)20-3/h5-12,14,19H,4,13H2,1-3H3. The highest BCUT2D eigenvalue weighted by Crippen LogP contribution is 2.28. The first-order chi connectivity index (χ1) is 10.2. The molecule has 1 unspecified atom stereocenters. The highest BCUT2D eigenvalue weighted by atomic mass is 16.5. The first-order valence-corrected chi connectivity index (χ1v) is 7.37. The number of hydrogen-bond acceptors (Lipinski definition) is 3. The van der Waals surface area contributed by atoms with Crippen LogP contribution in [0.2, 0.25) is 0 Å². The molecule has 0 heterocycles. The maximum absolute atomic E-state index is 5.59. The Kier molecular flexibility index (Phi) is 5.50. The van der Waals surface area contributed by atoms with E-state index >= 15 is 0 Å². The molecule has 0 amide bonds. The summed E-state index contributed by atoms with van der Waals surface area (Å²) < 4.78 is 11.0. The molecule has 0 fully saturated rings. The van der Waals surface area contributed by atoms with E-state index in [0.717, 1.165) is 35.8 Å². The lowest BCUT2D eigenvalue weighted by Gasteiger charge is -2.18. The molecule has 3 heteroatoms. The Morgan fingerprint density at radius 3 is 2.43 bits per heavy atom. The van der Waals surface area contributed by atoms with Crippen LogP contribution in [0.4, 0.5) is 5.69 Å². The smallest absolute Gasteiger partial charge is 0.124 e. The van der Waals surface area contributed by atoms with Gasteiger partial charge in [0.2, 0.25) is 0 Å². The maximum atomic E-state index is 5.59. The molecule has 0 bridgehead atoms. The third-order valence-electron chi connectivity index (χ3n) is 3.32. The first kappa shape index (κ1) is 15.2. The van der Waals surface area contributed by atoms with Gasteiger partial charge < -0.3 is 14.8 Å². The molecule has 0 saturated carbocycles. The Balaban J connectivity index is 2.03. The van der Waals surface area contributed by atoms with E-state index in [1.807, 2.05) is 42.5 Å². The predicted octanol–water partition coefficient (Wildman–Crippen LogP) is 4.66. The second kappa shape index (κ2) is 7.58. The van der Waals surface area contributed by atoms with E-state index in [-0.39, 0.29) is 6.04 Å². The van der Waals surface area contributed by atoms with Gasteiger partial charge in [0.15, 0.2) is 0 Å². The van der Waals surface area contributed by atoms with Gasteiger partial charge in [-0.05, 0) is 43.7 Å². The summed E-state index contributed by atoms with van der Waals surface area (Å²) in [5.41, 5.74) is 2.21. The molecular weight excluding hydrogens is 262 g/mol. The van der Waals surface area contributed by atoms with Crippen molar-refractivity contribution in [3.8, 4) is 11.5 Å². The van der Waals surface area contributed by atoms with Gasteiger partial charge in [-0.1, -0.05) is 25.1 Å². The average Bonchev–Trinajstić information content (AvgIpc) is 2.54. The van der Waals surface area contributed by atoms with E-state index in [2.05, 4.69) is 25.2 Å². The molecule has 0 aliphatic heterocycles. The number of para-hydroxylation sites is 1. The van der Waals surface area contributed by atoms with Gasteiger partial charge in [0, 0.05) is 11.3 Å². The fraction of sp³-hybridized carbons (Fsp3) is 0.333. The quantitative estimate of drug-likeness (QED) is 0.802. The fourth-order valence-corrected chi connectivity index (χ4v) is 2.22. The van der Waals surface area contributed by atoms with Gasteiger partial charge in [0.05, 0.1) is 19.8 Å². The summed E-state index contributed by atoms with van der Waals surface area (Å²) in [6, 6.07) is 16.3. The van der Waals surface area contributed by atoms with Crippen LogP contribution >= 0.6 is 0 Å². The molecule has 0 radical (unpaired) electrons. The fourth-order valence-electron chi connectivity index (χ4n) is 2.22. The van der Waals surface area contributed by atoms with Crippen LogP contribution in [0, 0.1) is 0 Å². The van der Waals surface area contributed by atoms with E-state index in [0.29, 0.717) is 0 Å². The van der Waals surface area contributed by atoms with Gasteiger partial charge in [-0.25, -0.2) is 0 Å². The zero-order valence-corrected chi connectivity index (χ0v) is 12.9. The van der Waals surface area contributed by atoms with Crippen molar-refractivity contribution in [3.05, 3.63) is 54.1 Å². The number of anilines is 1. The first-order valence-electron chi connectivity index (χ1n) is 7.37. The highest BCUT2D eigenvalue weighted by molar-refractivity contribution is 5.49. The van der Waals surface area contributed by atoms with Crippen LogP contribution in [0.5, 0.6) is 11.5 Å². The molecule has 21 heavy (non-hydrogen) atoms. The number of hydrogen-bond donors (Lipinski definition) is 1. The van der Waals surface area contributed by atoms with Crippen molar-refractivity contribution in [1.29, 1.82) is 0 Å². The monoisotopic (exact) mass is 285 g/mol. The number of methoxy groups -OCH3 is 1. The van der Waals surface area contributed by atoms with Gasteiger partial charge in [-0.3, -0.25) is 0 Å². The van der Waals surface area contributed by atoms with Gasteiger partial charge in [0.25, 0.3) is 0 Å². The summed E-state index contributed by atoms with van der Waals surface area (Å²) in [6.07, 6.45) is 1.02. The molecule has 2 aromatic carbocycles. The average molecular weight is 285 g/mol. The minimum absolute atomic E-state index is 0.170. The third-order valence-corrected chi connectivity index (χ3v) is 3.32. The molecule has 3 nitrogen and oxygen atoms in total. The van der Waals surface area contributed by atoms with Crippen LogP contribution in [0.3, 0.4) is 0 Å². The van der Waals surface area contributed by atoms with Crippen molar-refractivity contribution in [1.82, 2.24) is 0 Å². The highest BCUT2D eigenvalue weighted by Gasteiger charge is 2.10. The van der Waals surface area contributed by atoms with E-state index < -0.39 is 0 Å². The Bertz CT molecular complexity index is 551. The van der Waals surface area contributed by atoms with Gasteiger partial charge in [-0.15, -0.1) is 0 Å². The van der Waals surface area contributed by atoms with Gasteiger partial charge in [0.1, 0.15) is 11.5 Å². The van der Waals surface area contributed by atoms with Crippen LogP contribution in [0.1, 0.15) is 31.9 Å². The summed E-state index contributed by atoms with van der Waals surface area (Å²) in [4.78, 5) is 0. The molecule has 0 aromatic heterocycles. The predicted molar refractivity (Wildman–Crippen MR) is 87.3 cm³/mol. The normalized spacial score (nSPS) is 11.8. The number of rotatable bonds is 7. The zero-order valence-electron chi connectivity index (χ0n) is 12.9. The second-order valence-corrected chi connectivity index (χ2v) is 4.98. The molecule has 0 saturated heterocycles. The van der Waals surface area contributed by atoms with E-state index in [1.54, 1.807) is 7.11 Å². The molecule has 0 aliphatic carbocycles. The Hall–Kier alpha value is -2.16.